The lowest BCUT2D eigenvalue weighted by atomic mass is 9.80. The van der Waals surface area contributed by atoms with Crippen molar-refractivity contribution in [2.24, 2.45) is 0 Å². The van der Waals surface area contributed by atoms with Crippen molar-refractivity contribution < 1.29 is 18.6 Å². The van der Waals surface area contributed by atoms with Crippen molar-refractivity contribution in [3.05, 3.63) is 138 Å². The molecule has 0 saturated carbocycles. The van der Waals surface area contributed by atoms with E-state index in [0.29, 0.717) is 6.61 Å². The van der Waals surface area contributed by atoms with Gasteiger partial charge in [-0.15, -0.1) is 0 Å². The van der Waals surface area contributed by atoms with Crippen molar-refractivity contribution in [1.82, 2.24) is 0 Å². The van der Waals surface area contributed by atoms with Gasteiger partial charge < -0.3 is 18.6 Å². The Labute approximate surface area is 250 Å². The van der Waals surface area contributed by atoms with Gasteiger partial charge in [0.1, 0.15) is 23.2 Å². The van der Waals surface area contributed by atoms with Crippen LogP contribution in [0.15, 0.2) is 126 Å². The molecule has 0 bridgehead atoms. The molecule has 1 heterocycles. The molecular weight excluding hydrogens is 545 g/mol. The summed E-state index contributed by atoms with van der Waals surface area (Å²) in [6.45, 7) is 10.9. The number of benzene rings is 4. The molecule has 5 rings (SSSR count). The normalized spacial score (nSPS) is 19.6. The molecule has 1 fully saturated rings. The summed E-state index contributed by atoms with van der Waals surface area (Å²) >= 11 is 1.69. The Balaban J connectivity index is 1.53. The van der Waals surface area contributed by atoms with Gasteiger partial charge in [-0.2, -0.15) is 0 Å². The maximum atomic E-state index is 7.17. The fourth-order valence-corrected chi connectivity index (χ4v) is 8.18. The number of thioether (sulfide) groups is 1. The van der Waals surface area contributed by atoms with E-state index in [4.69, 9.17) is 18.6 Å². The van der Waals surface area contributed by atoms with E-state index in [0.717, 1.165) is 21.6 Å². The van der Waals surface area contributed by atoms with Gasteiger partial charge in [0.2, 0.25) is 0 Å². The molecule has 0 radical (unpaired) electrons. The van der Waals surface area contributed by atoms with Crippen molar-refractivity contribution in [3.63, 3.8) is 0 Å². The standard InChI is InChI=1S/C35H40O4SSi/c1-34(2)37-31(32(38-34)33(39-41(3,4)5)40-30-24-16-9-17-25-30)26-36-35(27-18-10-6-11-19-27,28-20-12-7-13-21-28)29-22-14-8-15-23-29/h6-25,31-33H,26H2,1-5H3/t31-,32-,33?/m0/s1. The van der Waals surface area contributed by atoms with Crippen molar-refractivity contribution in [3.8, 4) is 0 Å². The summed E-state index contributed by atoms with van der Waals surface area (Å²) in [4.78, 5) is 1.14. The van der Waals surface area contributed by atoms with Crippen LogP contribution in [0.4, 0.5) is 0 Å². The Morgan fingerprint density at radius 2 is 1.15 bits per heavy atom. The molecule has 1 aliphatic heterocycles. The van der Waals surface area contributed by atoms with Gasteiger partial charge in [-0.05, 0) is 62.3 Å². The molecule has 0 N–H and O–H groups in total. The van der Waals surface area contributed by atoms with E-state index >= 15 is 0 Å². The van der Waals surface area contributed by atoms with Crippen LogP contribution in [0.3, 0.4) is 0 Å². The molecule has 0 spiro atoms. The quantitative estimate of drug-likeness (QED) is 0.0765. The minimum atomic E-state index is -1.93. The highest BCUT2D eigenvalue weighted by atomic mass is 32.2. The lowest BCUT2D eigenvalue weighted by molar-refractivity contribution is -0.156. The number of hydrogen-bond acceptors (Lipinski definition) is 5. The first kappa shape index (κ1) is 29.8. The molecule has 6 heteroatoms. The maximum absolute atomic E-state index is 7.17. The minimum Gasteiger partial charge on any atom is -0.403 e. The molecular formula is C35H40O4SSi. The third-order valence-electron chi connectivity index (χ3n) is 6.96. The molecule has 0 aliphatic carbocycles. The summed E-state index contributed by atoms with van der Waals surface area (Å²) < 4.78 is 27.1. The summed E-state index contributed by atoms with van der Waals surface area (Å²) in [5, 5.41) is 0. The lowest BCUT2D eigenvalue weighted by Gasteiger charge is -2.38. The molecule has 4 nitrogen and oxygen atoms in total. The molecule has 0 amide bonds. The molecule has 41 heavy (non-hydrogen) atoms. The fourth-order valence-electron chi connectivity index (χ4n) is 5.34. The van der Waals surface area contributed by atoms with Crippen LogP contribution < -0.4 is 0 Å². The van der Waals surface area contributed by atoms with Crippen LogP contribution in [0, 0.1) is 0 Å². The zero-order chi connectivity index (χ0) is 28.9. The molecule has 4 aromatic carbocycles. The highest BCUT2D eigenvalue weighted by Gasteiger charge is 2.49. The van der Waals surface area contributed by atoms with Crippen molar-refractivity contribution in [2.45, 2.75) is 67.4 Å². The van der Waals surface area contributed by atoms with Gasteiger partial charge in [0, 0.05) is 4.90 Å². The Kier molecular flexibility index (Phi) is 9.19. The largest absolute Gasteiger partial charge is 0.403 e. The van der Waals surface area contributed by atoms with Crippen LogP contribution in [0.25, 0.3) is 0 Å². The summed E-state index contributed by atoms with van der Waals surface area (Å²) in [7, 11) is -1.93. The first-order valence-corrected chi connectivity index (χ1v) is 18.5. The minimum absolute atomic E-state index is 0.251. The van der Waals surface area contributed by atoms with Crippen LogP contribution in [0.1, 0.15) is 30.5 Å². The highest BCUT2D eigenvalue weighted by Crippen LogP contribution is 2.43. The third kappa shape index (κ3) is 7.20. The topological polar surface area (TPSA) is 36.9 Å². The first-order valence-electron chi connectivity index (χ1n) is 14.2. The Bertz CT molecular complexity index is 1260. The van der Waals surface area contributed by atoms with Gasteiger partial charge in [-0.1, -0.05) is 121 Å². The number of rotatable bonds is 11. The Hall–Kier alpha value is -2.71. The van der Waals surface area contributed by atoms with Crippen LogP contribution in [-0.2, 0) is 24.2 Å². The number of ether oxygens (including phenoxy) is 3. The molecule has 4 aromatic rings. The van der Waals surface area contributed by atoms with E-state index in [2.05, 4.69) is 117 Å². The summed E-state index contributed by atoms with van der Waals surface area (Å²) in [6, 6.07) is 41.7. The van der Waals surface area contributed by atoms with Gasteiger partial charge >= 0.3 is 0 Å². The molecule has 1 aliphatic rings. The fraction of sp³-hybridized carbons (Fsp3) is 0.314. The molecule has 214 valence electrons. The average Bonchev–Trinajstić information content (AvgIpc) is 3.29. The summed E-state index contributed by atoms with van der Waals surface area (Å²) in [5.74, 6) is -0.772. The highest BCUT2D eigenvalue weighted by molar-refractivity contribution is 7.99. The SMILES string of the molecule is CC1(C)O[C@@H](COC(c2ccccc2)(c2ccccc2)c2ccccc2)[C@@H](C(O[Si](C)(C)C)Sc2ccccc2)O1. The van der Waals surface area contributed by atoms with E-state index in [9.17, 15) is 0 Å². The van der Waals surface area contributed by atoms with Crippen LogP contribution in [-0.4, -0.2) is 38.4 Å². The van der Waals surface area contributed by atoms with Gasteiger partial charge in [-0.3, -0.25) is 0 Å². The smallest absolute Gasteiger partial charge is 0.185 e. The Morgan fingerprint density at radius 1 is 0.707 bits per heavy atom. The third-order valence-corrected chi connectivity index (χ3v) is 9.23. The Morgan fingerprint density at radius 3 is 1.59 bits per heavy atom. The van der Waals surface area contributed by atoms with Crippen molar-refractivity contribution in [2.75, 3.05) is 6.61 Å². The van der Waals surface area contributed by atoms with Gasteiger partial charge in [0.25, 0.3) is 0 Å². The van der Waals surface area contributed by atoms with Crippen molar-refractivity contribution in [1.29, 1.82) is 0 Å². The van der Waals surface area contributed by atoms with Gasteiger partial charge in [0.15, 0.2) is 14.1 Å². The predicted molar refractivity (Wildman–Crippen MR) is 170 cm³/mol. The second-order valence-corrected chi connectivity index (χ2v) is 17.4. The van der Waals surface area contributed by atoms with Gasteiger partial charge in [-0.25, -0.2) is 0 Å². The van der Waals surface area contributed by atoms with E-state index < -0.39 is 19.7 Å². The molecule has 1 unspecified atom stereocenters. The van der Waals surface area contributed by atoms with Crippen LogP contribution in [0.5, 0.6) is 0 Å². The molecule has 0 aromatic heterocycles. The predicted octanol–water partition coefficient (Wildman–Crippen LogP) is 8.49. The molecule has 1 saturated heterocycles. The molecule has 3 atom stereocenters. The van der Waals surface area contributed by atoms with Gasteiger partial charge in [0.05, 0.1) is 6.61 Å². The van der Waals surface area contributed by atoms with E-state index in [1.54, 1.807) is 11.8 Å². The monoisotopic (exact) mass is 584 g/mol. The van der Waals surface area contributed by atoms with Crippen LogP contribution >= 0.6 is 11.8 Å². The second-order valence-electron chi connectivity index (χ2n) is 11.8. The first-order chi connectivity index (χ1) is 19.7. The van der Waals surface area contributed by atoms with Crippen LogP contribution in [0.2, 0.25) is 19.6 Å². The zero-order valence-electron chi connectivity index (χ0n) is 24.5. The van der Waals surface area contributed by atoms with E-state index in [1.807, 2.05) is 38.1 Å². The number of hydrogen-bond donors (Lipinski definition) is 0. The second kappa shape index (κ2) is 12.7. The van der Waals surface area contributed by atoms with E-state index in [-0.39, 0.29) is 17.6 Å². The van der Waals surface area contributed by atoms with E-state index in [1.165, 1.54) is 0 Å². The average molecular weight is 585 g/mol. The zero-order valence-corrected chi connectivity index (χ0v) is 26.3. The summed E-state index contributed by atoms with van der Waals surface area (Å²) in [5.41, 5.74) is 2.08. The maximum Gasteiger partial charge on any atom is 0.185 e. The van der Waals surface area contributed by atoms with Crippen molar-refractivity contribution >= 4 is 20.1 Å². The lowest BCUT2D eigenvalue weighted by Crippen LogP contribution is -2.44. The summed E-state index contributed by atoms with van der Waals surface area (Å²) in [6.07, 6.45) is -0.681.